The monoisotopic (exact) mass is 579 g/mol. The molecule has 38 heavy (non-hydrogen) atoms. The highest BCUT2D eigenvalue weighted by Crippen LogP contribution is 2.65. The Balaban J connectivity index is 1.14. The van der Waals surface area contributed by atoms with Crippen molar-refractivity contribution in [3.8, 4) is 0 Å². The van der Waals surface area contributed by atoms with Crippen LogP contribution in [0.15, 0.2) is 18.2 Å². The van der Waals surface area contributed by atoms with Crippen LogP contribution in [0.5, 0.6) is 0 Å². The number of nitrogens with zero attached hydrogens (tertiary/aromatic N) is 5. The number of carbonyl (C=O) groups excluding carboxylic acids is 1. The number of hydrogen-bond donors (Lipinski definition) is 0. The first-order valence-electron chi connectivity index (χ1n) is 13.4. The third kappa shape index (κ3) is 4.61. The van der Waals surface area contributed by atoms with E-state index in [0.717, 1.165) is 57.3 Å². The summed E-state index contributed by atoms with van der Waals surface area (Å²) in [4.78, 5) is 29.0. The van der Waals surface area contributed by atoms with Crippen LogP contribution in [0.1, 0.15) is 56.2 Å². The van der Waals surface area contributed by atoms with Crippen molar-refractivity contribution >= 4 is 46.5 Å². The number of hydrogen-bond acceptors (Lipinski definition) is 5. The van der Waals surface area contributed by atoms with E-state index >= 15 is 0 Å². The standard InChI is InChI=1S/C27H32Cl3N5O3/c1-17-24(30)25(35(37)38)31-34(17)27-12-18-8-19(13-27)11-26(10-18,16-27)14-23(36)33-6-4-32(5-7-33)15-20-2-3-21(28)9-22(20)29/h2-3,9,18-19H,4-8,10-16H2,1H3. The largest absolute Gasteiger partial charge is 0.408 e. The fraction of sp³-hybridized carbons (Fsp3) is 0.630. The summed E-state index contributed by atoms with van der Waals surface area (Å²) in [5.41, 5.74) is 1.35. The van der Waals surface area contributed by atoms with Gasteiger partial charge in [-0.05, 0) is 85.3 Å². The van der Waals surface area contributed by atoms with Gasteiger partial charge < -0.3 is 15.0 Å². The second-order valence-corrected chi connectivity index (χ2v) is 13.4. The minimum Gasteiger partial charge on any atom is -0.358 e. The molecule has 1 amide bonds. The van der Waals surface area contributed by atoms with Crippen molar-refractivity contribution in [2.24, 2.45) is 17.3 Å². The SMILES string of the molecule is Cc1c(Cl)c([N+](=O)[O-])nn1C12CC3CC(CC(CC(=O)N4CCN(Cc5ccc(Cl)cc5Cl)CC4)(C3)C1)C2. The first-order valence-corrected chi connectivity index (χ1v) is 14.5. The van der Waals surface area contributed by atoms with Gasteiger partial charge in [-0.15, -0.1) is 0 Å². The maximum atomic E-state index is 13.6. The van der Waals surface area contributed by atoms with Crippen LogP contribution in [-0.4, -0.2) is 56.6 Å². The molecule has 5 fully saturated rings. The van der Waals surface area contributed by atoms with Gasteiger partial charge in [0.1, 0.15) is 0 Å². The fourth-order valence-electron chi connectivity index (χ4n) is 8.38. The van der Waals surface area contributed by atoms with Crippen LogP contribution < -0.4 is 0 Å². The van der Waals surface area contributed by atoms with Gasteiger partial charge >= 0.3 is 5.82 Å². The molecule has 1 saturated heterocycles. The Morgan fingerprint density at radius 1 is 1.11 bits per heavy atom. The Hall–Kier alpha value is -1.87. The first-order chi connectivity index (χ1) is 18.1. The van der Waals surface area contributed by atoms with Gasteiger partial charge in [-0.3, -0.25) is 9.69 Å². The van der Waals surface area contributed by atoms with Gasteiger partial charge in [0.15, 0.2) is 5.02 Å². The molecule has 4 saturated carbocycles. The molecule has 2 aromatic rings. The summed E-state index contributed by atoms with van der Waals surface area (Å²) in [6.45, 7) is 5.60. The van der Waals surface area contributed by atoms with Gasteiger partial charge in [0.2, 0.25) is 5.91 Å². The smallest absolute Gasteiger partial charge is 0.358 e. The Kier molecular flexibility index (Phi) is 6.69. The van der Waals surface area contributed by atoms with Gasteiger partial charge in [0.25, 0.3) is 0 Å². The summed E-state index contributed by atoms with van der Waals surface area (Å²) in [5.74, 6) is 1.01. The fourth-order valence-corrected chi connectivity index (χ4v) is 9.04. The zero-order valence-electron chi connectivity index (χ0n) is 21.5. The number of piperazine rings is 1. The van der Waals surface area contributed by atoms with Gasteiger partial charge in [-0.1, -0.05) is 40.9 Å². The summed E-state index contributed by atoms with van der Waals surface area (Å²) in [5, 5.41) is 17.4. The average molecular weight is 581 g/mol. The molecule has 1 aliphatic heterocycles. The van der Waals surface area contributed by atoms with Crippen LogP contribution >= 0.6 is 34.8 Å². The van der Waals surface area contributed by atoms with E-state index < -0.39 is 4.92 Å². The van der Waals surface area contributed by atoms with E-state index in [-0.39, 0.29) is 27.7 Å². The molecule has 0 N–H and O–H groups in total. The Morgan fingerprint density at radius 2 is 1.79 bits per heavy atom. The normalized spacial score (nSPS) is 30.7. The van der Waals surface area contributed by atoms with Crippen molar-refractivity contribution in [3.63, 3.8) is 0 Å². The van der Waals surface area contributed by atoms with Gasteiger partial charge in [-0.2, -0.15) is 4.68 Å². The van der Waals surface area contributed by atoms with Crippen LogP contribution in [-0.2, 0) is 16.9 Å². The van der Waals surface area contributed by atoms with Crippen LogP contribution in [0, 0.1) is 34.3 Å². The highest BCUT2D eigenvalue weighted by atomic mass is 35.5. The number of benzene rings is 1. The van der Waals surface area contributed by atoms with Crippen LogP contribution in [0.3, 0.4) is 0 Å². The molecule has 1 aromatic heterocycles. The number of rotatable bonds is 6. The zero-order valence-corrected chi connectivity index (χ0v) is 23.7. The topological polar surface area (TPSA) is 84.5 Å². The minimum atomic E-state index is -0.494. The molecule has 204 valence electrons. The maximum absolute atomic E-state index is 13.6. The van der Waals surface area contributed by atoms with Crippen molar-refractivity contribution < 1.29 is 9.72 Å². The van der Waals surface area contributed by atoms with E-state index in [2.05, 4.69) is 10.00 Å². The lowest BCUT2D eigenvalue weighted by Crippen LogP contribution is -2.58. The molecule has 8 nitrogen and oxygen atoms in total. The average Bonchev–Trinajstić information content (AvgIpc) is 3.15. The van der Waals surface area contributed by atoms with Crippen LogP contribution in [0.4, 0.5) is 5.82 Å². The highest BCUT2D eigenvalue weighted by Gasteiger charge is 2.61. The van der Waals surface area contributed by atoms with Gasteiger partial charge in [0.05, 0.1) is 16.3 Å². The molecule has 4 bridgehead atoms. The quantitative estimate of drug-likeness (QED) is 0.305. The van der Waals surface area contributed by atoms with E-state index in [0.29, 0.717) is 47.1 Å². The van der Waals surface area contributed by atoms with E-state index in [4.69, 9.17) is 34.8 Å². The summed E-state index contributed by atoms with van der Waals surface area (Å²) >= 11 is 18.7. The lowest BCUT2D eigenvalue weighted by molar-refractivity contribution is -0.389. The zero-order chi connectivity index (χ0) is 26.8. The molecular formula is C27H32Cl3N5O3. The molecule has 4 aliphatic carbocycles. The van der Waals surface area contributed by atoms with E-state index in [9.17, 15) is 14.9 Å². The van der Waals surface area contributed by atoms with Crippen molar-refractivity contribution in [2.45, 2.75) is 64.0 Å². The second-order valence-electron chi connectivity index (χ2n) is 12.1. The summed E-state index contributed by atoms with van der Waals surface area (Å²) in [7, 11) is 0. The molecule has 5 aliphatic rings. The van der Waals surface area contributed by atoms with Crippen molar-refractivity contribution in [3.05, 3.63) is 54.6 Å². The number of nitro groups is 1. The molecule has 1 aromatic carbocycles. The Labute approximate surface area is 237 Å². The number of amides is 1. The van der Waals surface area contributed by atoms with Crippen molar-refractivity contribution in [1.29, 1.82) is 0 Å². The number of carbonyl (C=O) groups is 1. The Morgan fingerprint density at radius 3 is 2.39 bits per heavy atom. The third-order valence-electron chi connectivity index (χ3n) is 9.46. The maximum Gasteiger partial charge on any atom is 0.408 e. The molecule has 2 atom stereocenters. The number of halogens is 3. The minimum absolute atomic E-state index is 0.0746. The third-order valence-corrected chi connectivity index (χ3v) is 10.5. The molecule has 2 heterocycles. The molecular weight excluding hydrogens is 549 g/mol. The lowest BCUT2D eigenvalue weighted by atomic mass is 9.46. The molecule has 11 heteroatoms. The highest BCUT2D eigenvalue weighted by molar-refractivity contribution is 6.35. The van der Waals surface area contributed by atoms with E-state index in [1.54, 1.807) is 6.07 Å². The summed E-state index contributed by atoms with van der Waals surface area (Å²) < 4.78 is 1.87. The number of aromatic nitrogens is 2. The predicted octanol–water partition coefficient (Wildman–Crippen LogP) is 6.09. The molecule has 7 rings (SSSR count). The summed E-state index contributed by atoms with van der Waals surface area (Å²) in [6.07, 6.45) is 6.59. The van der Waals surface area contributed by atoms with E-state index in [1.807, 2.05) is 28.6 Å². The second kappa shape index (κ2) is 9.65. The summed E-state index contributed by atoms with van der Waals surface area (Å²) in [6, 6.07) is 5.60. The van der Waals surface area contributed by atoms with Crippen molar-refractivity contribution in [2.75, 3.05) is 26.2 Å². The molecule has 0 radical (unpaired) electrons. The van der Waals surface area contributed by atoms with Crippen molar-refractivity contribution in [1.82, 2.24) is 19.6 Å². The Bertz CT molecular complexity index is 1270. The first kappa shape index (κ1) is 26.4. The molecule has 2 unspecified atom stereocenters. The van der Waals surface area contributed by atoms with E-state index in [1.165, 1.54) is 6.42 Å². The lowest BCUT2D eigenvalue weighted by Gasteiger charge is -2.61. The molecule has 0 spiro atoms. The van der Waals surface area contributed by atoms with Crippen LogP contribution in [0.25, 0.3) is 0 Å². The van der Waals surface area contributed by atoms with Crippen LogP contribution in [0.2, 0.25) is 15.1 Å². The predicted molar refractivity (Wildman–Crippen MR) is 147 cm³/mol. The van der Waals surface area contributed by atoms with Gasteiger partial charge in [0, 0.05) is 49.2 Å². The van der Waals surface area contributed by atoms with Gasteiger partial charge in [-0.25, -0.2) is 0 Å².